The van der Waals surface area contributed by atoms with Crippen molar-refractivity contribution in [2.75, 3.05) is 5.32 Å². The quantitative estimate of drug-likeness (QED) is 0.845. The summed E-state index contributed by atoms with van der Waals surface area (Å²) in [5, 5.41) is 3.29. The number of nitrogens with one attached hydrogen (secondary N) is 1. The van der Waals surface area contributed by atoms with Gasteiger partial charge < -0.3 is 11.1 Å². The molecule has 84 valence electrons. The highest BCUT2D eigenvalue weighted by Crippen LogP contribution is 2.19. The average Bonchev–Trinajstić information content (AvgIpc) is 2.11. The van der Waals surface area contributed by atoms with E-state index in [2.05, 4.69) is 5.32 Å². The molecule has 15 heavy (non-hydrogen) atoms. The van der Waals surface area contributed by atoms with Gasteiger partial charge in [-0.2, -0.15) is 0 Å². The van der Waals surface area contributed by atoms with E-state index >= 15 is 0 Å². The number of nitrogens with two attached hydrogens (primary N) is 1. The van der Waals surface area contributed by atoms with Crippen LogP contribution < -0.4 is 11.1 Å². The zero-order valence-electron chi connectivity index (χ0n) is 8.58. The molecule has 0 saturated carbocycles. The van der Waals surface area contributed by atoms with E-state index in [-0.39, 0.29) is 18.3 Å². The number of halogens is 2. The van der Waals surface area contributed by atoms with E-state index in [4.69, 9.17) is 17.3 Å². The Bertz CT molecular complexity index is 353. The fourth-order valence-electron chi connectivity index (χ4n) is 0.927. The monoisotopic (exact) mass is 248 g/mol. The first kappa shape index (κ1) is 14.2. The molecule has 0 radical (unpaired) electrons. The molecule has 0 bridgehead atoms. The molecule has 3 nitrogen and oxygen atoms in total. The van der Waals surface area contributed by atoms with Crippen LogP contribution in [0.4, 0.5) is 5.69 Å². The number of hydrogen-bond acceptors (Lipinski definition) is 2. The van der Waals surface area contributed by atoms with Crippen molar-refractivity contribution < 1.29 is 4.79 Å². The van der Waals surface area contributed by atoms with Crippen LogP contribution in [0.2, 0.25) is 5.02 Å². The maximum Gasteiger partial charge on any atom is 0.240 e. The summed E-state index contributed by atoms with van der Waals surface area (Å²) < 4.78 is 0. The maximum absolute atomic E-state index is 11.2. The first-order valence-corrected chi connectivity index (χ1v) is 4.71. The van der Waals surface area contributed by atoms with Gasteiger partial charge in [-0.1, -0.05) is 17.7 Å². The number of rotatable bonds is 2. The zero-order chi connectivity index (χ0) is 10.7. The summed E-state index contributed by atoms with van der Waals surface area (Å²) in [5.74, 6) is -0.218. The van der Waals surface area contributed by atoms with Crippen molar-refractivity contribution in [2.24, 2.45) is 5.73 Å². The second-order valence-corrected chi connectivity index (χ2v) is 3.65. The highest BCUT2D eigenvalue weighted by molar-refractivity contribution is 6.31. The van der Waals surface area contributed by atoms with Gasteiger partial charge in [-0.05, 0) is 31.5 Å². The van der Waals surface area contributed by atoms with Crippen LogP contribution in [-0.4, -0.2) is 11.9 Å². The van der Waals surface area contributed by atoms with Gasteiger partial charge in [-0.25, -0.2) is 0 Å². The summed E-state index contributed by atoms with van der Waals surface area (Å²) in [7, 11) is 0. The minimum absolute atomic E-state index is 0. The highest BCUT2D eigenvalue weighted by atomic mass is 35.5. The van der Waals surface area contributed by atoms with Crippen molar-refractivity contribution in [1.29, 1.82) is 0 Å². The van der Waals surface area contributed by atoms with Crippen LogP contribution >= 0.6 is 24.0 Å². The molecule has 0 aliphatic rings. The molecule has 1 rings (SSSR count). The zero-order valence-corrected chi connectivity index (χ0v) is 10.2. The van der Waals surface area contributed by atoms with Gasteiger partial charge in [0.15, 0.2) is 0 Å². The van der Waals surface area contributed by atoms with Crippen LogP contribution in [0.3, 0.4) is 0 Å². The molecule has 0 heterocycles. The number of amides is 1. The van der Waals surface area contributed by atoms with Crippen LogP contribution in [0.15, 0.2) is 18.2 Å². The van der Waals surface area contributed by atoms with E-state index in [1.54, 1.807) is 19.1 Å². The number of carbonyl (C=O) groups excluding carboxylic acids is 1. The predicted molar refractivity (Wildman–Crippen MR) is 65.7 cm³/mol. The Morgan fingerprint density at radius 2 is 2.13 bits per heavy atom. The molecule has 1 atom stereocenters. The van der Waals surface area contributed by atoms with Crippen LogP contribution in [0.5, 0.6) is 0 Å². The van der Waals surface area contributed by atoms with Crippen LogP contribution in [0, 0.1) is 6.92 Å². The first-order chi connectivity index (χ1) is 6.50. The van der Waals surface area contributed by atoms with Gasteiger partial charge in [0.1, 0.15) is 0 Å². The van der Waals surface area contributed by atoms with E-state index in [1.165, 1.54) is 0 Å². The number of carbonyl (C=O) groups is 1. The molecule has 1 aromatic rings. The second-order valence-electron chi connectivity index (χ2n) is 3.24. The second kappa shape index (κ2) is 5.95. The normalized spacial score (nSPS) is 11.5. The Hall–Kier alpha value is -0.770. The third-order valence-electron chi connectivity index (χ3n) is 1.85. The molecular formula is C10H14Cl2N2O. The molecular weight excluding hydrogens is 235 g/mol. The minimum atomic E-state index is -0.518. The summed E-state index contributed by atoms with van der Waals surface area (Å²) in [4.78, 5) is 11.2. The number of hydrogen-bond donors (Lipinski definition) is 2. The van der Waals surface area contributed by atoms with E-state index < -0.39 is 6.04 Å². The van der Waals surface area contributed by atoms with Crippen LogP contribution in [0.25, 0.3) is 0 Å². The largest absolute Gasteiger partial charge is 0.325 e. The summed E-state index contributed by atoms with van der Waals surface area (Å²) in [5.41, 5.74) is 7.05. The number of aryl methyl sites for hydroxylation is 1. The maximum atomic E-state index is 11.2. The Labute approximate surface area is 100 Å². The fraction of sp³-hybridized carbons (Fsp3) is 0.300. The first-order valence-electron chi connectivity index (χ1n) is 4.33. The van der Waals surface area contributed by atoms with Gasteiger partial charge in [-0.3, -0.25) is 4.79 Å². The van der Waals surface area contributed by atoms with Crippen molar-refractivity contribution >= 4 is 35.6 Å². The molecule has 0 aliphatic heterocycles. The van der Waals surface area contributed by atoms with Gasteiger partial charge in [0, 0.05) is 10.7 Å². The molecule has 5 heteroatoms. The standard InChI is InChI=1S/C10H13ClN2O.ClH/c1-6-3-4-8(5-9(6)11)13-10(14)7(2)12;/h3-5,7H,12H2,1-2H3,(H,13,14);1H/t7-;/m1./s1. The third-order valence-corrected chi connectivity index (χ3v) is 2.26. The third kappa shape index (κ3) is 4.08. The molecule has 0 spiro atoms. The smallest absolute Gasteiger partial charge is 0.240 e. The molecule has 3 N–H and O–H groups in total. The lowest BCUT2D eigenvalue weighted by molar-refractivity contribution is -0.117. The van der Waals surface area contributed by atoms with Crippen molar-refractivity contribution in [1.82, 2.24) is 0 Å². The van der Waals surface area contributed by atoms with E-state index in [9.17, 15) is 4.79 Å². The minimum Gasteiger partial charge on any atom is -0.325 e. The molecule has 1 amide bonds. The Kier molecular flexibility index (Phi) is 5.65. The summed E-state index contributed by atoms with van der Waals surface area (Å²) in [6, 6.07) is 4.83. The summed E-state index contributed by atoms with van der Waals surface area (Å²) in [6.07, 6.45) is 0. The molecule has 1 aromatic carbocycles. The van der Waals surface area contributed by atoms with Gasteiger partial charge in [0.2, 0.25) is 5.91 Å². The average molecular weight is 249 g/mol. The Morgan fingerprint density at radius 3 is 2.60 bits per heavy atom. The van der Waals surface area contributed by atoms with Crippen LogP contribution in [-0.2, 0) is 4.79 Å². The van der Waals surface area contributed by atoms with Gasteiger partial charge in [0.05, 0.1) is 6.04 Å². The molecule has 0 unspecified atom stereocenters. The van der Waals surface area contributed by atoms with Gasteiger partial charge in [0.25, 0.3) is 0 Å². The summed E-state index contributed by atoms with van der Waals surface area (Å²) in [6.45, 7) is 3.53. The lowest BCUT2D eigenvalue weighted by Crippen LogP contribution is -2.32. The van der Waals surface area contributed by atoms with Gasteiger partial charge in [-0.15, -0.1) is 12.4 Å². The van der Waals surface area contributed by atoms with Crippen LogP contribution in [0.1, 0.15) is 12.5 Å². The molecule has 0 aromatic heterocycles. The molecule has 0 saturated heterocycles. The van der Waals surface area contributed by atoms with E-state index in [1.807, 2.05) is 13.0 Å². The lowest BCUT2D eigenvalue weighted by Gasteiger charge is -2.08. The van der Waals surface area contributed by atoms with Crippen molar-refractivity contribution in [3.05, 3.63) is 28.8 Å². The topological polar surface area (TPSA) is 55.1 Å². The molecule has 0 fully saturated rings. The highest BCUT2D eigenvalue weighted by Gasteiger charge is 2.07. The van der Waals surface area contributed by atoms with E-state index in [0.29, 0.717) is 10.7 Å². The number of benzene rings is 1. The van der Waals surface area contributed by atoms with Crippen molar-refractivity contribution in [3.63, 3.8) is 0 Å². The molecule has 0 aliphatic carbocycles. The van der Waals surface area contributed by atoms with Crippen molar-refractivity contribution in [3.8, 4) is 0 Å². The lowest BCUT2D eigenvalue weighted by atomic mass is 10.2. The van der Waals surface area contributed by atoms with E-state index in [0.717, 1.165) is 5.56 Å². The van der Waals surface area contributed by atoms with Crippen molar-refractivity contribution in [2.45, 2.75) is 19.9 Å². The predicted octanol–water partition coefficient (Wildman–Crippen LogP) is 2.36. The fourth-order valence-corrected chi connectivity index (χ4v) is 1.11. The van der Waals surface area contributed by atoms with Gasteiger partial charge >= 0.3 is 0 Å². The number of anilines is 1. The Morgan fingerprint density at radius 1 is 1.53 bits per heavy atom. The summed E-state index contributed by atoms with van der Waals surface area (Å²) >= 11 is 5.89. The Balaban J connectivity index is 0.00000196. The SMILES string of the molecule is Cc1ccc(NC(=O)[C@@H](C)N)cc1Cl.Cl.